The third kappa shape index (κ3) is 2.77. The summed E-state index contributed by atoms with van der Waals surface area (Å²) < 4.78 is 31.7. The number of nitrogens with one attached hydrogen (secondary N) is 1. The summed E-state index contributed by atoms with van der Waals surface area (Å²) in [4.78, 5) is 12.9. The number of ether oxygens (including phenoxy) is 1. The van der Waals surface area contributed by atoms with Gasteiger partial charge in [0.05, 0.1) is 12.3 Å². The third-order valence-electron chi connectivity index (χ3n) is 5.32. The van der Waals surface area contributed by atoms with Gasteiger partial charge in [0, 0.05) is 18.2 Å². The lowest BCUT2D eigenvalue weighted by molar-refractivity contribution is -0.116. The molecule has 0 radical (unpaired) electrons. The van der Waals surface area contributed by atoms with Crippen LogP contribution in [0.1, 0.15) is 18.9 Å². The predicted octanol–water partition coefficient (Wildman–Crippen LogP) is 2.94. The third-order valence-corrected chi connectivity index (χ3v) is 7.86. The molecule has 1 saturated heterocycles. The van der Waals surface area contributed by atoms with Gasteiger partial charge in [-0.05, 0) is 56.7 Å². The molecular weight excluding hydrogens is 364 g/mol. The SMILES string of the molecule is CCOc1ccc(NC(=O)C23CC2CN(c2ccc(C)cc2)S3(=O)=O)cc1. The van der Waals surface area contributed by atoms with Crippen LogP contribution in [-0.2, 0) is 14.8 Å². The van der Waals surface area contributed by atoms with Crippen LogP contribution in [0.3, 0.4) is 0 Å². The number of carbonyl (C=O) groups is 1. The summed E-state index contributed by atoms with van der Waals surface area (Å²) in [7, 11) is -3.76. The molecule has 2 unspecified atom stereocenters. The monoisotopic (exact) mass is 386 g/mol. The largest absolute Gasteiger partial charge is 0.494 e. The second kappa shape index (κ2) is 6.27. The second-order valence-corrected chi connectivity index (χ2v) is 9.19. The van der Waals surface area contributed by atoms with E-state index in [1.807, 2.05) is 26.0 Å². The van der Waals surface area contributed by atoms with Crippen molar-refractivity contribution in [2.75, 3.05) is 22.8 Å². The Morgan fingerprint density at radius 3 is 2.48 bits per heavy atom. The number of fused-ring (bicyclic) bond motifs is 1. The van der Waals surface area contributed by atoms with E-state index in [4.69, 9.17) is 4.74 Å². The topological polar surface area (TPSA) is 75.7 Å². The molecule has 0 bridgehead atoms. The number of sulfonamides is 1. The van der Waals surface area contributed by atoms with Gasteiger partial charge in [0.25, 0.3) is 0 Å². The molecule has 1 N–H and O–H groups in total. The average Bonchev–Trinajstić information content (AvgIpc) is 3.33. The van der Waals surface area contributed by atoms with Crippen LogP contribution in [-0.4, -0.2) is 32.2 Å². The van der Waals surface area contributed by atoms with E-state index in [-0.39, 0.29) is 5.92 Å². The number of aryl methyl sites for hydroxylation is 1. The minimum Gasteiger partial charge on any atom is -0.494 e. The highest BCUT2D eigenvalue weighted by atomic mass is 32.2. The lowest BCUT2D eigenvalue weighted by Gasteiger charge is -2.23. The summed E-state index contributed by atoms with van der Waals surface area (Å²) in [5, 5.41) is 2.77. The van der Waals surface area contributed by atoms with Gasteiger partial charge in [-0.25, -0.2) is 8.42 Å². The van der Waals surface area contributed by atoms with Crippen molar-refractivity contribution >= 4 is 27.3 Å². The summed E-state index contributed by atoms with van der Waals surface area (Å²) in [6, 6.07) is 14.3. The highest BCUT2D eigenvalue weighted by molar-refractivity contribution is 7.95. The highest BCUT2D eigenvalue weighted by Gasteiger charge is 2.75. The maximum absolute atomic E-state index is 13.2. The van der Waals surface area contributed by atoms with E-state index in [0.717, 1.165) is 5.56 Å². The van der Waals surface area contributed by atoms with E-state index < -0.39 is 20.7 Å². The average molecular weight is 386 g/mol. The Morgan fingerprint density at radius 2 is 1.85 bits per heavy atom. The Kier molecular flexibility index (Phi) is 4.14. The van der Waals surface area contributed by atoms with Crippen molar-refractivity contribution in [3.8, 4) is 5.75 Å². The molecule has 27 heavy (non-hydrogen) atoms. The van der Waals surface area contributed by atoms with E-state index in [1.54, 1.807) is 36.4 Å². The second-order valence-electron chi connectivity index (χ2n) is 7.07. The maximum atomic E-state index is 13.2. The molecular formula is C20H22N2O4S. The van der Waals surface area contributed by atoms with Crippen molar-refractivity contribution in [3.05, 3.63) is 54.1 Å². The summed E-state index contributed by atoms with van der Waals surface area (Å²) in [5.41, 5.74) is 2.23. The molecule has 2 aliphatic rings. The Labute approximate surface area is 159 Å². The Bertz CT molecular complexity index is 970. The van der Waals surface area contributed by atoms with Gasteiger partial charge in [0.2, 0.25) is 15.9 Å². The van der Waals surface area contributed by atoms with Crippen LogP contribution in [0.15, 0.2) is 48.5 Å². The van der Waals surface area contributed by atoms with Crippen molar-refractivity contribution in [1.29, 1.82) is 0 Å². The Morgan fingerprint density at radius 1 is 1.19 bits per heavy atom. The highest BCUT2D eigenvalue weighted by Crippen LogP contribution is 2.58. The summed E-state index contributed by atoms with van der Waals surface area (Å²) in [5.74, 6) is 0.0785. The minimum atomic E-state index is -3.76. The Balaban J connectivity index is 1.55. The summed E-state index contributed by atoms with van der Waals surface area (Å²) in [6.45, 7) is 4.75. The molecule has 2 atom stereocenters. The molecule has 0 aromatic heterocycles. The van der Waals surface area contributed by atoms with Crippen LogP contribution in [0.5, 0.6) is 5.75 Å². The molecule has 0 spiro atoms. The molecule has 1 aliphatic heterocycles. The van der Waals surface area contributed by atoms with Crippen LogP contribution in [0.2, 0.25) is 0 Å². The van der Waals surface area contributed by atoms with Gasteiger partial charge in [-0.15, -0.1) is 0 Å². The summed E-state index contributed by atoms with van der Waals surface area (Å²) in [6.07, 6.45) is 0.376. The van der Waals surface area contributed by atoms with Gasteiger partial charge in [-0.2, -0.15) is 0 Å². The van der Waals surface area contributed by atoms with Crippen LogP contribution in [0.25, 0.3) is 0 Å². The number of amides is 1. The van der Waals surface area contributed by atoms with E-state index in [9.17, 15) is 13.2 Å². The first-order chi connectivity index (χ1) is 12.9. The first kappa shape index (κ1) is 17.9. The molecule has 6 nitrogen and oxygen atoms in total. The summed E-state index contributed by atoms with van der Waals surface area (Å²) >= 11 is 0. The number of hydrogen-bond donors (Lipinski definition) is 1. The van der Waals surface area contributed by atoms with Gasteiger partial charge in [-0.1, -0.05) is 17.7 Å². The molecule has 1 amide bonds. The number of anilines is 2. The minimum absolute atomic E-state index is 0.175. The lowest BCUT2D eigenvalue weighted by Crippen LogP contribution is -2.42. The van der Waals surface area contributed by atoms with E-state index in [0.29, 0.717) is 36.7 Å². The van der Waals surface area contributed by atoms with Gasteiger partial charge >= 0.3 is 0 Å². The molecule has 2 fully saturated rings. The van der Waals surface area contributed by atoms with Gasteiger partial charge < -0.3 is 10.1 Å². The molecule has 1 aliphatic carbocycles. The van der Waals surface area contributed by atoms with Gasteiger partial charge in [0.1, 0.15) is 5.75 Å². The zero-order valence-corrected chi connectivity index (χ0v) is 16.1. The fourth-order valence-electron chi connectivity index (χ4n) is 3.72. The van der Waals surface area contributed by atoms with Crippen molar-refractivity contribution in [2.24, 2.45) is 5.92 Å². The van der Waals surface area contributed by atoms with Crippen LogP contribution in [0, 0.1) is 12.8 Å². The molecule has 4 rings (SSSR count). The molecule has 1 heterocycles. The standard InChI is InChI=1S/C20H22N2O4S/c1-3-26-18-10-6-16(7-11-18)21-19(23)20-12-15(20)13-22(27(20,24)25)17-8-4-14(2)5-9-17/h4-11,15H,3,12-13H2,1-2H3,(H,21,23). The molecule has 2 aromatic carbocycles. The number of benzene rings is 2. The normalized spacial score (nSPS) is 25.0. The zero-order valence-electron chi connectivity index (χ0n) is 15.3. The quantitative estimate of drug-likeness (QED) is 0.857. The van der Waals surface area contributed by atoms with Crippen LogP contribution < -0.4 is 14.4 Å². The molecule has 7 heteroatoms. The van der Waals surface area contributed by atoms with Crippen LogP contribution >= 0.6 is 0 Å². The van der Waals surface area contributed by atoms with Crippen molar-refractivity contribution in [1.82, 2.24) is 0 Å². The zero-order chi connectivity index (χ0) is 19.2. The van der Waals surface area contributed by atoms with E-state index in [1.165, 1.54) is 4.31 Å². The number of nitrogens with zero attached hydrogens (tertiary/aromatic N) is 1. The lowest BCUT2D eigenvalue weighted by atomic mass is 10.2. The fourth-order valence-corrected chi connectivity index (χ4v) is 6.08. The smallest absolute Gasteiger partial charge is 0.250 e. The van der Waals surface area contributed by atoms with E-state index >= 15 is 0 Å². The number of carbonyl (C=O) groups excluding carboxylic acids is 1. The Hall–Kier alpha value is -2.54. The first-order valence-electron chi connectivity index (χ1n) is 9.02. The van der Waals surface area contributed by atoms with Crippen molar-refractivity contribution in [3.63, 3.8) is 0 Å². The number of rotatable bonds is 5. The fraction of sp³-hybridized carbons (Fsp3) is 0.350. The van der Waals surface area contributed by atoms with Gasteiger partial charge in [0.15, 0.2) is 4.75 Å². The maximum Gasteiger partial charge on any atom is 0.250 e. The van der Waals surface area contributed by atoms with Crippen molar-refractivity contribution < 1.29 is 17.9 Å². The molecule has 142 valence electrons. The van der Waals surface area contributed by atoms with Crippen molar-refractivity contribution in [2.45, 2.75) is 25.0 Å². The van der Waals surface area contributed by atoms with E-state index in [2.05, 4.69) is 5.32 Å². The first-order valence-corrected chi connectivity index (χ1v) is 10.5. The molecule has 1 saturated carbocycles. The van der Waals surface area contributed by atoms with Crippen LogP contribution in [0.4, 0.5) is 11.4 Å². The van der Waals surface area contributed by atoms with Gasteiger partial charge in [-0.3, -0.25) is 9.10 Å². The molecule has 2 aromatic rings. The number of hydrogen-bond acceptors (Lipinski definition) is 4. The predicted molar refractivity (Wildman–Crippen MR) is 105 cm³/mol.